The number of nitriles is 1. The zero-order chi connectivity index (χ0) is 20.6. The van der Waals surface area contributed by atoms with Crippen molar-refractivity contribution >= 4 is 15.7 Å². The minimum absolute atomic E-state index is 0.0390. The molecule has 1 saturated heterocycles. The van der Waals surface area contributed by atoms with E-state index in [0.29, 0.717) is 49.8 Å². The molecule has 1 unspecified atom stereocenters. The lowest BCUT2D eigenvalue weighted by Gasteiger charge is -2.36. The number of ether oxygens (including phenoxy) is 1. The fourth-order valence-corrected chi connectivity index (χ4v) is 5.30. The molecule has 1 aliphatic carbocycles. The first-order chi connectivity index (χ1) is 13.9. The molecule has 29 heavy (non-hydrogen) atoms. The number of benzene rings is 1. The Bertz CT molecular complexity index is 1070. The van der Waals surface area contributed by atoms with Crippen molar-refractivity contribution in [1.29, 1.82) is 5.26 Å². The third kappa shape index (κ3) is 3.85. The van der Waals surface area contributed by atoms with Gasteiger partial charge in [0, 0.05) is 43.5 Å². The lowest BCUT2D eigenvalue weighted by atomic mass is 9.92. The standard InChI is InChI=1S/C19H20F2N4O3S/c20-15-9-18(16(21)7-12(15)10-22)24-29(26,27)19-11-23-17-8-13(1-2-14(17)19)25-3-5-28-6-4-25/h7,9,11,13,23-24H,1-6,8H2. The fourth-order valence-electron chi connectivity index (χ4n) is 3.98. The smallest absolute Gasteiger partial charge is 0.263 e. The van der Waals surface area contributed by atoms with E-state index in [0.717, 1.165) is 25.2 Å². The van der Waals surface area contributed by atoms with Gasteiger partial charge in [0.2, 0.25) is 0 Å². The summed E-state index contributed by atoms with van der Waals surface area (Å²) in [5.74, 6) is -2.00. The van der Waals surface area contributed by atoms with Crippen LogP contribution in [0, 0.1) is 23.0 Å². The second kappa shape index (κ2) is 7.74. The van der Waals surface area contributed by atoms with Crippen LogP contribution in [-0.4, -0.2) is 50.6 Å². The van der Waals surface area contributed by atoms with E-state index in [2.05, 4.69) is 14.6 Å². The first-order valence-electron chi connectivity index (χ1n) is 9.32. The van der Waals surface area contributed by atoms with Crippen LogP contribution in [0.5, 0.6) is 0 Å². The maximum atomic E-state index is 14.1. The average Bonchev–Trinajstić information content (AvgIpc) is 3.15. The van der Waals surface area contributed by atoms with E-state index in [1.54, 1.807) is 0 Å². The van der Waals surface area contributed by atoms with Gasteiger partial charge in [-0.3, -0.25) is 9.62 Å². The number of hydrogen-bond acceptors (Lipinski definition) is 5. The zero-order valence-electron chi connectivity index (χ0n) is 15.5. The summed E-state index contributed by atoms with van der Waals surface area (Å²) in [6, 6.07) is 3.19. The Hall–Kier alpha value is -2.48. The van der Waals surface area contributed by atoms with Gasteiger partial charge in [0.25, 0.3) is 10.0 Å². The Morgan fingerprint density at radius 3 is 2.72 bits per heavy atom. The molecule has 0 amide bonds. The summed E-state index contributed by atoms with van der Waals surface area (Å²) in [5.41, 5.74) is 0.508. The van der Waals surface area contributed by atoms with Crippen LogP contribution in [0.4, 0.5) is 14.5 Å². The van der Waals surface area contributed by atoms with Gasteiger partial charge in [-0.2, -0.15) is 5.26 Å². The average molecular weight is 422 g/mol. The van der Waals surface area contributed by atoms with Crippen molar-refractivity contribution in [2.45, 2.75) is 30.2 Å². The largest absolute Gasteiger partial charge is 0.379 e. The Morgan fingerprint density at radius 1 is 1.24 bits per heavy atom. The summed E-state index contributed by atoms with van der Waals surface area (Å²) < 4.78 is 61.1. The molecule has 1 aromatic carbocycles. The van der Waals surface area contributed by atoms with Crippen LogP contribution >= 0.6 is 0 Å². The molecule has 0 radical (unpaired) electrons. The molecule has 0 spiro atoms. The van der Waals surface area contributed by atoms with E-state index in [9.17, 15) is 17.2 Å². The van der Waals surface area contributed by atoms with Crippen LogP contribution in [0.1, 0.15) is 23.2 Å². The summed E-state index contributed by atoms with van der Waals surface area (Å²) in [6.07, 6.45) is 3.48. The fraction of sp³-hybridized carbons (Fsp3) is 0.421. The molecule has 0 bridgehead atoms. The van der Waals surface area contributed by atoms with E-state index in [1.165, 1.54) is 12.3 Å². The van der Waals surface area contributed by atoms with Crippen LogP contribution in [0.15, 0.2) is 23.2 Å². The van der Waals surface area contributed by atoms with Gasteiger partial charge in [-0.05, 0) is 24.5 Å². The zero-order valence-corrected chi connectivity index (χ0v) is 16.4. The summed E-state index contributed by atoms with van der Waals surface area (Å²) in [7, 11) is -4.12. The van der Waals surface area contributed by atoms with E-state index in [4.69, 9.17) is 10.00 Å². The number of aromatic amines is 1. The highest BCUT2D eigenvalue weighted by Crippen LogP contribution is 2.31. The van der Waals surface area contributed by atoms with Gasteiger partial charge in [-0.25, -0.2) is 17.2 Å². The van der Waals surface area contributed by atoms with Gasteiger partial charge in [-0.1, -0.05) is 0 Å². The minimum Gasteiger partial charge on any atom is -0.379 e. The molecule has 1 aromatic heterocycles. The molecule has 154 valence electrons. The normalized spacial score (nSPS) is 20.1. The number of anilines is 1. The number of H-pyrrole nitrogens is 1. The highest BCUT2D eigenvalue weighted by molar-refractivity contribution is 7.92. The number of halogens is 2. The second-order valence-corrected chi connectivity index (χ2v) is 8.84. The molecule has 2 N–H and O–H groups in total. The van der Waals surface area contributed by atoms with Crippen molar-refractivity contribution in [2.75, 3.05) is 31.0 Å². The molecule has 0 saturated carbocycles. The van der Waals surface area contributed by atoms with E-state index >= 15 is 0 Å². The highest BCUT2D eigenvalue weighted by Gasteiger charge is 2.31. The number of aromatic nitrogens is 1. The van der Waals surface area contributed by atoms with Crippen LogP contribution in [0.2, 0.25) is 0 Å². The highest BCUT2D eigenvalue weighted by atomic mass is 32.2. The maximum Gasteiger partial charge on any atom is 0.263 e. The SMILES string of the molecule is N#Cc1cc(F)c(NS(=O)(=O)c2c[nH]c3c2CCC(N2CCOCC2)C3)cc1F. The van der Waals surface area contributed by atoms with Gasteiger partial charge in [0.15, 0.2) is 0 Å². The van der Waals surface area contributed by atoms with Crippen molar-refractivity contribution in [3.8, 4) is 6.07 Å². The molecule has 4 rings (SSSR count). The number of nitrogens with zero attached hydrogens (tertiary/aromatic N) is 2. The molecule has 10 heteroatoms. The molecule has 1 atom stereocenters. The molecule has 2 aliphatic rings. The van der Waals surface area contributed by atoms with Crippen molar-refractivity contribution < 1.29 is 21.9 Å². The van der Waals surface area contributed by atoms with Crippen LogP contribution in [-0.2, 0) is 27.6 Å². The molecular weight excluding hydrogens is 402 g/mol. The van der Waals surface area contributed by atoms with E-state index in [1.807, 2.05) is 0 Å². The van der Waals surface area contributed by atoms with Crippen molar-refractivity contribution in [3.05, 3.63) is 46.8 Å². The summed E-state index contributed by atoms with van der Waals surface area (Å²) in [6.45, 7) is 3.11. The maximum absolute atomic E-state index is 14.1. The summed E-state index contributed by atoms with van der Waals surface area (Å²) in [4.78, 5) is 5.44. The van der Waals surface area contributed by atoms with Crippen LogP contribution < -0.4 is 4.72 Å². The number of hydrogen-bond donors (Lipinski definition) is 2. The Labute approximate surface area is 167 Å². The quantitative estimate of drug-likeness (QED) is 0.787. The van der Waals surface area contributed by atoms with Crippen LogP contribution in [0.25, 0.3) is 0 Å². The molecule has 7 nitrogen and oxygen atoms in total. The van der Waals surface area contributed by atoms with Crippen molar-refractivity contribution in [2.24, 2.45) is 0 Å². The lowest BCUT2D eigenvalue weighted by Crippen LogP contribution is -2.46. The summed E-state index contributed by atoms with van der Waals surface area (Å²) in [5, 5.41) is 8.75. The topological polar surface area (TPSA) is 98.2 Å². The number of rotatable bonds is 4. The van der Waals surface area contributed by atoms with Crippen molar-refractivity contribution in [1.82, 2.24) is 9.88 Å². The van der Waals surface area contributed by atoms with Gasteiger partial charge in [0.1, 0.15) is 22.6 Å². The second-order valence-electron chi connectivity index (χ2n) is 7.18. The van der Waals surface area contributed by atoms with Crippen LogP contribution in [0.3, 0.4) is 0 Å². The van der Waals surface area contributed by atoms with Gasteiger partial charge in [-0.15, -0.1) is 0 Å². The molecule has 2 heterocycles. The molecule has 1 aliphatic heterocycles. The van der Waals surface area contributed by atoms with Gasteiger partial charge in [0.05, 0.1) is 24.5 Å². The summed E-state index contributed by atoms with van der Waals surface area (Å²) >= 11 is 0. The third-order valence-corrected chi connectivity index (χ3v) is 6.91. The minimum atomic E-state index is -4.12. The lowest BCUT2D eigenvalue weighted by molar-refractivity contribution is 0.0135. The molecule has 2 aromatic rings. The molecule has 1 fully saturated rings. The Morgan fingerprint density at radius 2 is 2.00 bits per heavy atom. The predicted molar refractivity (Wildman–Crippen MR) is 101 cm³/mol. The first-order valence-corrected chi connectivity index (χ1v) is 10.8. The third-order valence-electron chi connectivity index (χ3n) is 5.48. The predicted octanol–water partition coefficient (Wildman–Crippen LogP) is 2.15. The van der Waals surface area contributed by atoms with Gasteiger partial charge < -0.3 is 9.72 Å². The molecular formula is C19H20F2N4O3S. The Kier molecular flexibility index (Phi) is 5.29. The van der Waals surface area contributed by atoms with Gasteiger partial charge >= 0.3 is 0 Å². The number of sulfonamides is 1. The number of morpholine rings is 1. The number of fused-ring (bicyclic) bond motifs is 1. The van der Waals surface area contributed by atoms with Crippen molar-refractivity contribution in [3.63, 3.8) is 0 Å². The number of nitrogens with one attached hydrogen (secondary N) is 2. The monoisotopic (exact) mass is 422 g/mol. The van der Waals surface area contributed by atoms with E-state index < -0.39 is 32.9 Å². The van der Waals surface area contributed by atoms with E-state index in [-0.39, 0.29) is 4.90 Å². The first kappa shape index (κ1) is 19.8. The Balaban J connectivity index is 1.56.